The number of nitrogens with one attached hydrogen (secondary N) is 1. The van der Waals surface area contributed by atoms with Crippen LogP contribution in [0.3, 0.4) is 0 Å². The van der Waals surface area contributed by atoms with E-state index in [1.54, 1.807) is 48.7 Å². The van der Waals surface area contributed by atoms with Gasteiger partial charge in [-0.1, -0.05) is 29.8 Å². The maximum absolute atomic E-state index is 12.3. The lowest BCUT2D eigenvalue weighted by molar-refractivity contribution is 0.0728. The Labute approximate surface area is 168 Å². The summed E-state index contributed by atoms with van der Waals surface area (Å²) in [5, 5.41) is 4.76. The Balaban J connectivity index is 1.73. The molecule has 0 saturated carbocycles. The second-order valence-corrected chi connectivity index (χ2v) is 6.21. The second-order valence-electron chi connectivity index (χ2n) is 5.77. The Kier molecular flexibility index (Phi) is 6.65. The monoisotopic (exact) mass is 394 g/mol. The van der Waals surface area contributed by atoms with Gasteiger partial charge in [-0.2, -0.15) is 5.10 Å². The fraction of sp³-hybridized carbons (Fsp3) is 0.0909. The number of carbonyl (C=O) groups is 1. The van der Waals surface area contributed by atoms with Crippen molar-refractivity contribution in [3.05, 3.63) is 88.9 Å². The van der Waals surface area contributed by atoms with Crippen LogP contribution in [0.4, 0.5) is 5.69 Å². The minimum atomic E-state index is -0.482. The number of para-hydroxylation sites is 1. The summed E-state index contributed by atoms with van der Waals surface area (Å²) >= 11 is 5.85. The number of hydrogen-bond acceptors (Lipinski definition) is 5. The van der Waals surface area contributed by atoms with Crippen molar-refractivity contribution in [3.63, 3.8) is 0 Å². The van der Waals surface area contributed by atoms with Crippen LogP contribution in [0.25, 0.3) is 0 Å². The van der Waals surface area contributed by atoms with Crippen LogP contribution in [0.15, 0.2) is 77.9 Å². The predicted octanol–water partition coefficient (Wildman–Crippen LogP) is 5.40. The van der Waals surface area contributed by atoms with E-state index in [9.17, 15) is 4.79 Å². The molecule has 0 radical (unpaired) electrons. The first-order chi connectivity index (χ1) is 13.7. The molecule has 0 fully saturated rings. The summed E-state index contributed by atoms with van der Waals surface area (Å²) in [4.78, 5) is 12.3. The molecule has 6 heteroatoms. The molecule has 0 aliphatic carbocycles. The van der Waals surface area contributed by atoms with E-state index in [0.29, 0.717) is 28.7 Å². The van der Waals surface area contributed by atoms with Crippen LogP contribution >= 0.6 is 11.6 Å². The number of hydrazone groups is 1. The molecule has 28 heavy (non-hydrogen) atoms. The number of anilines is 1. The topological polar surface area (TPSA) is 59.9 Å². The molecular formula is C22H19ClN2O3. The molecule has 0 amide bonds. The molecule has 0 aliphatic rings. The Bertz CT molecular complexity index is 957. The Morgan fingerprint density at radius 2 is 1.79 bits per heavy atom. The molecule has 0 bridgehead atoms. The predicted molar refractivity (Wildman–Crippen MR) is 112 cm³/mol. The van der Waals surface area contributed by atoms with Gasteiger partial charge >= 0.3 is 5.97 Å². The van der Waals surface area contributed by atoms with E-state index in [1.807, 2.05) is 37.3 Å². The molecule has 0 aromatic heterocycles. The quantitative estimate of drug-likeness (QED) is 0.252. The van der Waals surface area contributed by atoms with E-state index in [1.165, 1.54) is 0 Å². The lowest BCUT2D eigenvalue weighted by atomic mass is 10.2. The molecule has 0 saturated heterocycles. The number of halogens is 1. The van der Waals surface area contributed by atoms with E-state index in [2.05, 4.69) is 10.5 Å². The summed E-state index contributed by atoms with van der Waals surface area (Å²) in [5.74, 6) is 0.327. The minimum Gasteiger partial charge on any atom is -0.490 e. The molecule has 0 atom stereocenters. The second kappa shape index (κ2) is 9.58. The molecule has 3 rings (SSSR count). The molecular weight excluding hydrogens is 376 g/mol. The van der Waals surface area contributed by atoms with Crippen molar-refractivity contribution in [2.75, 3.05) is 12.0 Å². The zero-order valence-electron chi connectivity index (χ0n) is 15.3. The maximum Gasteiger partial charge on any atom is 0.343 e. The zero-order chi connectivity index (χ0) is 19.8. The van der Waals surface area contributed by atoms with Gasteiger partial charge in [0.25, 0.3) is 0 Å². The molecule has 1 N–H and O–H groups in total. The Hall–Kier alpha value is -3.31. The molecule has 142 valence electrons. The smallest absolute Gasteiger partial charge is 0.343 e. The van der Waals surface area contributed by atoms with Crippen molar-refractivity contribution >= 4 is 29.5 Å². The third kappa shape index (κ3) is 5.34. The van der Waals surface area contributed by atoms with E-state index < -0.39 is 5.97 Å². The average molecular weight is 395 g/mol. The number of ether oxygens (including phenoxy) is 2. The molecule has 0 unspecified atom stereocenters. The molecule has 3 aromatic carbocycles. The normalized spacial score (nSPS) is 10.6. The van der Waals surface area contributed by atoms with Gasteiger partial charge in [0.2, 0.25) is 0 Å². The first-order valence-electron chi connectivity index (χ1n) is 8.74. The van der Waals surface area contributed by atoms with Gasteiger partial charge in [0, 0.05) is 5.02 Å². The summed E-state index contributed by atoms with van der Waals surface area (Å²) in [6.45, 7) is 2.30. The van der Waals surface area contributed by atoms with Gasteiger partial charge in [-0.15, -0.1) is 0 Å². The first-order valence-corrected chi connectivity index (χ1v) is 9.12. The SMILES string of the molecule is CCOc1cc(C=NNc2ccccc2)ccc1OC(=O)c1ccc(Cl)cc1. The van der Waals surface area contributed by atoms with Gasteiger partial charge in [0.15, 0.2) is 11.5 Å². The lowest BCUT2D eigenvalue weighted by Gasteiger charge is -2.11. The highest BCUT2D eigenvalue weighted by atomic mass is 35.5. The van der Waals surface area contributed by atoms with Crippen molar-refractivity contribution in [3.8, 4) is 11.5 Å². The van der Waals surface area contributed by atoms with E-state index >= 15 is 0 Å². The van der Waals surface area contributed by atoms with Crippen molar-refractivity contribution in [2.24, 2.45) is 5.10 Å². The van der Waals surface area contributed by atoms with Gasteiger partial charge < -0.3 is 9.47 Å². The van der Waals surface area contributed by atoms with Gasteiger partial charge in [-0.05, 0) is 67.1 Å². The molecule has 3 aromatic rings. The summed E-state index contributed by atoms with van der Waals surface area (Å²) in [5.41, 5.74) is 5.05. The lowest BCUT2D eigenvalue weighted by Crippen LogP contribution is -2.09. The number of benzene rings is 3. The molecule has 0 aliphatic heterocycles. The van der Waals surface area contributed by atoms with Crippen molar-refractivity contribution in [1.82, 2.24) is 0 Å². The summed E-state index contributed by atoms with van der Waals surface area (Å²) < 4.78 is 11.1. The molecule has 0 spiro atoms. The van der Waals surface area contributed by atoms with E-state index in [4.69, 9.17) is 21.1 Å². The van der Waals surface area contributed by atoms with Crippen molar-refractivity contribution in [2.45, 2.75) is 6.92 Å². The summed E-state index contributed by atoms with van der Waals surface area (Å²) in [7, 11) is 0. The maximum atomic E-state index is 12.3. The number of rotatable bonds is 7. The van der Waals surface area contributed by atoms with Crippen molar-refractivity contribution in [1.29, 1.82) is 0 Å². The zero-order valence-corrected chi connectivity index (χ0v) is 16.0. The van der Waals surface area contributed by atoms with Crippen molar-refractivity contribution < 1.29 is 14.3 Å². The Morgan fingerprint density at radius 3 is 2.50 bits per heavy atom. The van der Waals surface area contributed by atoms with Gasteiger partial charge in [-0.3, -0.25) is 5.43 Å². The number of hydrogen-bond donors (Lipinski definition) is 1. The van der Waals surface area contributed by atoms with Crippen LogP contribution in [0.2, 0.25) is 5.02 Å². The van der Waals surface area contributed by atoms with Crippen LogP contribution < -0.4 is 14.9 Å². The van der Waals surface area contributed by atoms with Crippen LogP contribution in [-0.2, 0) is 0 Å². The fourth-order valence-corrected chi connectivity index (χ4v) is 2.52. The van der Waals surface area contributed by atoms with Gasteiger partial charge in [0.1, 0.15) is 0 Å². The van der Waals surface area contributed by atoms with Gasteiger partial charge in [0.05, 0.1) is 24.1 Å². The summed E-state index contributed by atoms with van der Waals surface area (Å²) in [6, 6.07) is 21.4. The summed E-state index contributed by atoms with van der Waals surface area (Å²) in [6.07, 6.45) is 1.67. The third-order valence-corrected chi connectivity index (χ3v) is 3.98. The van der Waals surface area contributed by atoms with Crippen LogP contribution in [0.1, 0.15) is 22.8 Å². The highest BCUT2D eigenvalue weighted by Gasteiger charge is 2.13. The average Bonchev–Trinajstić information content (AvgIpc) is 2.71. The van der Waals surface area contributed by atoms with Crippen LogP contribution in [0, 0.1) is 0 Å². The Morgan fingerprint density at radius 1 is 1.04 bits per heavy atom. The van der Waals surface area contributed by atoms with E-state index in [-0.39, 0.29) is 0 Å². The largest absolute Gasteiger partial charge is 0.490 e. The van der Waals surface area contributed by atoms with E-state index in [0.717, 1.165) is 11.3 Å². The van der Waals surface area contributed by atoms with Crippen LogP contribution in [-0.4, -0.2) is 18.8 Å². The van der Waals surface area contributed by atoms with Crippen LogP contribution in [0.5, 0.6) is 11.5 Å². The minimum absolute atomic E-state index is 0.343. The first kappa shape index (κ1) is 19.5. The third-order valence-electron chi connectivity index (χ3n) is 3.73. The highest BCUT2D eigenvalue weighted by Crippen LogP contribution is 2.29. The molecule has 0 heterocycles. The number of esters is 1. The molecule has 5 nitrogen and oxygen atoms in total. The highest BCUT2D eigenvalue weighted by molar-refractivity contribution is 6.30. The van der Waals surface area contributed by atoms with Gasteiger partial charge in [-0.25, -0.2) is 4.79 Å². The standard InChI is InChI=1S/C22H19ClN2O3/c1-2-27-21-14-16(15-24-25-19-6-4-3-5-7-19)8-13-20(21)28-22(26)17-9-11-18(23)12-10-17/h3-15,25H,2H2,1H3. The fourth-order valence-electron chi connectivity index (χ4n) is 2.40. The number of carbonyl (C=O) groups excluding carboxylic acids is 1. The number of nitrogens with zero attached hydrogens (tertiary/aromatic N) is 1.